The number of hydroxylamine groups is 2. The Balaban J connectivity index is 1.26. The first-order chi connectivity index (χ1) is 17.4. The van der Waals surface area contributed by atoms with Gasteiger partial charge in [0.25, 0.3) is 11.8 Å². The summed E-state index contributed by atoms with van der Waals surface area (Å²) in [6, 6.07) is 15.2. The molecule has 2 aromatic rings. The lowest BCUT2D eigenvalue weighted by molar-refractivity contribution is -0.197. The predicted octanol–water partition coefficient (Wildman–Crippen LogP) is 2.22. The number of hydrogen-bond acceptors (Lipinski definition) is 6. The number of imide groups is 1. The van der Waals surface area contributed by atoms with E-state index in [0.29, 0.717) is 11.6 Å². The second-order valence-corrected chi connectivity index (χ2v) is 8.40. The van der Waals surface area contributed by atoms with Crippen molar-refractivity contribution in [2.75, 3.05) is 11.4 Å². The second kappa shape index (κ2) is 11.3. The van der Waals surface area contributed by atoms with Gasteiger partial charge in [-0.2, -0.15) is 0 Å². The maximum atomic E-state index is 13.1. The van der Waals surface area contributed by atoms with Crippen molar-refractivity contribution >= 4 is 35.3 Å². The number of rotatable bonds is 8. The van der Waals surface area contributed by atoms with Crippen LogP contribution in [0.3, 0.4) is 0 Å². The Bertz CT molecular complexity index is 1260. The average molecular weight is 488 g/mol. The summed E-state index contributed by atoms with van der Waals surface area (Å²) < 4.78 is 0. The van der Waals surface area contributed by atoms with E-state index < -0.39 is 17.8 Å². The van der Waals surface area contributed by atoms with Gasteiger partial charge in [-0.1, -0.05) is 42.2 Å². The van der Waals surface area contributed by atoms with E-state index in [1.807, 2.05) is 48.5 Å². The molecule has 0 saturated carbocycles. The third kappa shape index (κ3) is 5.96. The molecule has 184 valence electrons. The van der Waals surface area contributed by atoms with Gasteiger partial charge < -0.3 is 15.1 Å². The number of para-hydroxylation sites is 1. The van der Waals surface area contributed by atoms with Crippen LogP contribution in [-0.4, -0.2) is 41.2 Å². The van der Waals surface area contributed by atoms with Crippen LogP contribution in [0.2, 0.25) is 0 Å². The number of nitrogens with zero attached hydrogens (tertiary/aromatic N) is 2. The summed E-state index contributed by atoms with van der Waals surface area (Å²) >= 11 is 0. The topological polar surface area (TPSA) is 113 Å². The minimum absolute atomic E-state index is 0.0240. The second-order valence-electron chi connectivity index (χ2n) is 8.40. The smallest absolute Gasteiger partial charge is 0.333 e. The van der Waals surface area contributed by atoms with Crippen molar-refractivity contribution in [2.24, 2.45) is 0 Å². The van der Waals surface area contributed by atoms with Crippen molar-refractivity contribution in [3.8, 4) is 11.8 Å². The molecule has 9 heteroatoms. The van der Waals surface area contributed by atoms with Crippen molar-refractivity contribution in [1.29, 1.82) is 0 Å². The van der Waals surface area contributed by atoms with Crippen LogP contribution < -0.4 is 10.2 Å². The minimum Gasteiger partial charge on any atom is -0.356 e. The summed E-state index contributed by atoms with van der Waals surface area (Å²) in [7, 11) is 0. The van der Waals surface area contributed by atoms with Gasteiger partial charge in [-0.25, -0.2) is 4.79 Å². The van der Waals surface area contributed by atoms with E-state index in [1.165, 1.54) is 0 Å². The fraction of sp³-hybridized carbons (Fsp3) is 0.296. The number of anilines is 1. The number of amides is 4. The first kappa shape index (κ1) is 24.7. The van der Waals surface area contributed by atoms with Gasteiger partial charge >= 0.3 is 5.97 Å². The third-order valence-corrected chi connectivity index (χ3v) is 5.82. The van der Waals surface area contributed by atoms with E-state index in [9.17, 15) is 24.0 Å². The number of nitrogens with one attached hydrogen (secondary N) is 1. The summed E-state index contributed by atoms with van der Waals surface area (Å²) in [5, 5.41) is 3.19. The Hall–Kier alpha value is -4.45. The maximum absolute atomic E-state index is 13.1. The standard InChI is InChI=1S/C27H25N3O6/c31-23(10-5-11-27(35)36-30-25(33)14-15-26(30)34)28-17-16-24(32)29-18-21-8-2-1-6-19(21)12-13-20-7-3-4-9-22(20)29/h1-4,6-9H,5,10-11,14-18H2,(H,28,31). The molecule has 0 aliphatic carbocycles. The molecule has 2 aliphatic heterocycles. The lowest BCUT2D eigenvalue weighted by Crippen LogP contribution is -2.35. The summed E-state index contributed by atoms with van der Waals surface area (Å²) in [4.78, 5) is 66.6. The van der Waals surface area contributed by atoms with Gasteiger partial charge in [0.2, 0.25) is 11.8 Å². The lowest BCUT2D eigenvalue weighted by Gasteiger charge is -2.26. The number of hydrogen-bond donors (Lipinski definition) is 1. The molecule has 1 fully saturated rings. The minimum atomic E-state index is -0.749. The molecule has 0 unspecified atom stereocenters. The number of benzene rings is 2. The zero-order valence-corrected chi connectivity index (χ0v) is 19.6. The quantitative estimate of drug-likeness (QED) is 0.451. The molecule has 2 aliphatic rings. The summed E-state index contributed by atoms with van der Waals surface area (Å²) in [5.41, 5.74) is 3.30. The van der Waals surface area contributed by atoms with Crippen LogP contribution in [0.4, 0.5) is 5.69 Å². The lowest BCUT2D eigenvalue weighted by atomic mass is 10.0. The Kier molecular flexibility index (Phi) is 7.75. The van der Waals surface area contributed by atoms with Crippen LogP contribution >= 0.6 is 0 Å². The Morgan fingerprint density at radius 3 is 2.31 bits per heavy atom. The largest absolute Gasteiger partial charge is 0.356 e. The Labute approximate surface area is 208 Å². The number of carbonyl (C=O) groups is 5. The number of carbonyl (C=O) groups excluding carboxylic acids is 5. The molecule has 1 N–H and O–H groups in total. The molecule has 0 aromatic heterocycles. The van der Waals surface area contributed by atoms with Gasteiger partial charge in [-0.3, -0.25) is 19.2 Å². The van der Waals surface area contributed by atoms with Crippen LogP contribution in [-0.2, 0) is 35.4 Å². The molecule has 36 heavy (non-hydrogen) atoms. The van der Waals surface area contributed by atoms with Gasteiger partial charge in [-0.15, -0.1) is 5.06 Å². The van der Waals surface area contributed by atoms with E-state index in [2.05, 4.69) is 17.2 Å². The first-order valence-corrected chi connectivity index (χ1v) is 11.7. The van der Waals surface area contributed by atoms with E-state index >= 15 is 0 Å². The van der Waals surface area contributed by atoms with Crippen LogP contribution in [0, 0.1) is 11.8 Å². The molecule has 4 amide bonds. The zero-order valence-electron chi connectivity index (χ0n) is 19.6. The van der Waals surface area contributed by atoms with Crippen LogP contribution in [0.15, 0.2) is 48.5 Å². The molecule has 9 nitrogen and oxygen atoms in total. The van der Waals surface area contributed by atoms with Gasteiger partial charge in [0.15, 0.2) is 0 Å². The van der Waals surface area contributed by atoms with Gasteiger partial charge in [0.05, 0.1) is 12.2 Å². The van der Waals surface area contributed by atoms with E-state index in [4.69, 9.17) is 4.84 Å². The molecule has 2 aromatic carbocycles. The molecule has 0 bridgehead atoms. The van der Waals surface area contributed by atoms with E-state index in [-0.39, 0.29) is 56.9 Å². The highest BCUT2D eigenvalue weighted by Gasteiger charge is 2.32. The normalized spacial score (nSPS) is 14.1. The Morgan fingerprint density at radius 1 is 0.861 bits per heavy atom. The first-order valence-electron chi connectivity index (χ1n) is 11.7. The molecule has 0 atom stereocenters. The van der Waals surface area contributed by atoms with Crippen LogP contribution in [0.1, 0.15) is 55.2 Å². The molecular formula is C27H25N3O6. The van der Waals surface area contributed by atoms with Crippen molar-refractivity contribution in [1.82, 2.24) is 10.4 Å². The van der Waals surface area contributed by atoms with E-state index in [1.54, 1.807) is 4.90 Å². The molecule has 4 rings (SSSR count). The SMILES string of the molecule is O=C(CCCC(=O)ON1C(=O)CCC1=O)NCCC(=O)N1Cc2ccccc2C#Cc2ccccc21. The molecule has 0 spiro atoms. The zero-order chi connectivity index (χ0) is 25.5. The van der Waals surface area contributed by atoms with Crippen molar-refractivity contribution in [3.05, 3.63) is 65.2 Å². The van der Waals surface area contributed by atoms with Gasteiger partial charge in [0, 0.05) is 49.8 Å². The molecule has 1 saturated heterocycles. The van der Waals surface area contributed by atoms with Crippen LogP contribution in [0.25, 0.3) is 0 Å². The maximum Gasteiger partial charge on any atom is 0.333 e. The van der Waals surface area contributed by atoms with Crippen LogP contribution in [0.5, 0.6) is 0 Å². The van der Waals surface area contributed by atoms with Crippen molar-refractivity contribution < 1.29 is 28.8 Å². The third-order valence-electron chi connectivity index (χ3n) is 5.82. The fourth-order valence-corrected chi connectivity index (χ4v) is 3.94. The summed E-state index contributed by atoms with van der Waals surface area (Å²) in [6.07, 6.45) is 0.252. The predicted molar refractivity (Wildman–Crippen MR) is 129 cm³/mol. The number of fused-ring (bicyclic) bond motifs is 2. The molecule has 0 radical (unpaired) electrons. The fourth-order valence-electron chi connectivity index (χ4n) is 3.94. The van der Waals surface area contributed by atoms with E-state index in [0.717, 1.165) is 22.4 Å². The monoisotopic (exact) mass is 487 g/mol. The van der Waals surface area contributed by atoms with Gasteiger partial charge in [0.1, 0.15) is 0 Å². The van der Waals surface area contributed by atoms with Crippen molar-refractivity contribution in [2.45, 2.75) is 45.1 Å². The highest BCUT2D eigenvalue weighted by molar-refractivity contribution is 6.01. The highest BCUT2D eigenvalue weighted by Crippen LogP contribution is 2.25. The summed E-state index contributed by atoms with van der Waals surface area (Å²) in [5.74, 6) is 4.02. The summed E-state index contributed by atoms with van der Waals surface area (Å²) in [6.45, 7) is 0.518. The van der Waals surface area contributed by atoms with Gasteiger partial charge in [-0.05, 0) is 30.2 Å². The Morgan fingerprint density at radius 2 is 1.53 bits per heavy atom. The molecule has 2 heterocycles. The highest BCUT2D eigenvalue weighted by atomic mass is 16.7. The average Bonchev–Trinajstić information content (AvgIpc) is 3.17. The molecular weight excluding hydrogens is 462 g/mol. The van der Waals surface area contributed by atoms with Crippen molar-refractivity contribution in [3.63, 3.8) is 0 Å².